The average Bonchev–Trinajstić information content (AvgIpc) is 2.85. The first-order valence-corrected chi connectivity index (χ1v) is 6.61. The number of pyridine rings is 1. The van der Waals surface area contributed by atoms with Crippen LogP contribution in [0.25, 0.3) is 0 Å². The third kappa shape index (κ3) is 2.33. The Balaban J connectivity index is 2.27. The smallest absolute Gasteiger partial charge is 0.311 e. The van der Waals surface area contributed by atoms with Gasteiger partial charge < -0.3 is 15.7 Å². The number of anilines is 1. The van der Waals surface area contributed by atoms with Crippen LogP contribution in [0.1, 0.15) is 30.8 Å². The second-order valence-corrected chi connectivity index (χ2v) is 5.55. The highest BCUT2D eigenvalue weighted by molar-refractivity contribution is 5.91. The first-order chi connectivity index (χ1) is 9.36. The fraction of sp³-hybridized carbons (Fsp3) is 0.500. The Hall–Kier alpha value is -2.11. The molecule has 1 saturated heterocycles. The van der Waals surface area contributed by atoms with Gasteiger partial charge in [-0.2, -0.15) is 0 Å². The molecule has 108 valence electrons. The molecule has 6 heteroatoms. The van der Waals surface area contributed by atoms with Crippen molar-refractivity contribution < 1.29 is 14.7 Å². The Kier molecular flexibility index (Phi) is 3.65. The number of carboxylic acid groups (broad SMARTS) is 1. The maximum Gasteiger partial charge on any atom is 0.311 e. The molecule has 1 aliphatic heterocycles. The summed E-state index contributed by atoms with van der Waals surface area (Å²) >= 11 is 0. The van der Waals surface area contributed by atoms with E-state index in [-0.39, 0.29) is 11.6 Å². The molecule has 1 atom stereocenters. The minimum Gasteiger partial charge on any atom is -0.481 e. The van der Waals surface area contributed by atoms with Gasteiger partial charge in [-0.05, 0) is 24.5 Å². The molecule has 0 spiro atoms. The molecule has 0 saturated carbocycles. The van der Waals surface area contributed by atoms with Crippen LogP contribution in [0, 0.1) is 11.3 Å². The van der Waals surface area contributed by atoms with E-state index in [0.717, 1.165) is 5.69 Å². The Labute approximate surface area is 117 Å². The van der Waals surface area contributed by atoms with Crippen LogP contribution in [0.4, 0.5) is 5.69 Å². The summed E-state index contributed by atoms with van der Waals surface area (Å²) in [7, 11) is 0. The van der Waals surface area contributed by atoms with Crippen LogP contribution >= 0.6 is 0 Å². The standard InChI is InChI=1S/C14H19N3O3/c1-9(2)14(13(19)20)4-6-17(8-14)10-3-5-16-11(7-10)12(15)18/h3,5,7,9H,4,6,8H2,1-2H3,(H2,15,18)(H,19,20). The lowest BCUT2D eigenvalue weighted by Crippen LogP contribution is -2.39. The molecule has 0 radical (unpaired) electrons. The minimum atomic E-state index is -0.765. The SMILES string of the molecule is CC(C)C1(C(=O)O)CCN(c2ccnc(C(N)=O)c2)C1. The number of hydrogen-bond acceptors (Lipinski definition) is 4. The van der Waals surface area contributed by atoms with Crippen molar-refractivity contribution in [1.82, 2.24) is 4.98 Å². The van der Waals surface area contributed by atoms with Crippen LogP contribution in [-0.2, 0) is 4.79 Å². The maximum atomic E-state index is 11.6. The number of nitrogens with zero attached hydrogens (tertiary/aromatic N) is 2. The van der Waals surface area contributed by atoms with Gasteiger partial charge in [-0.1, -0.05) is 13.8 Å². The number of hydrogen-bond donors (Lipinski definition) is 2. The monoisotopic (exact) mass is 277 g/mol. The van der Waals surface area contributed by atoms with Crippen molar-refractivity contribution in [3.8, 4) is 0 Å². The van der Waals surface area contributed by atoms with E-state index < -0.39 is 17.3 Å². The van der Waals surface area contributed by atoms with Gasteiger partial charge in [-0.3, -0.25) is 14.6 Å². The summed E-state index contributed by atoms with van der Waals surface area (Å²) in [5.41, 5.74) is 5.46. The topological polar surface area (TPSA) is 96.5 Å². The van der Waals surface area contributed by atoms with Gasteiger partial charge in [0.1, 0.15) is 5.69 Å². The van der Waals surface area contributed by atoms with Crippen molar-refractivity contribution in [3.63, 3.8) is 0 Å². The zero-order valence-corrected chi connectivity index (χ0v) is 11.7. The maximum absolute atomic E-state index is 11.6. The van der Waals surface area contributed by atoms with Crippen molar-refractivity contribution in [2.75, 3.05) is 18.0 Å². The zero-order valence-electron chi connectivity index (χ0n) is 11.7. The molecule has 0 aliphatic carbocycles. The first-order valence-electron chi connectivity index (χ1n) is 6.61. The van der Waals surface area contributed by atoms with Crippen LogP contribution in [0.3, 0.4) is 0 Å². The number of aliphatic carboxylic acids is 1. The number of amides is 1. The Bertz CT molecular complexity index is 544. The molecule has 2 rings (SSSR count). The number of carbonyl (C=O) groups excluding carboxylic acids is 1. The minimum absolute atomic E-state index is 0.0439. The third-order valence-corrected chi connectivity index (χ3v) is 4.19. The lowest BCUT2D eigenvalue weighted by molar-refractivity contribution is -0.150. The summed E-state index contributed by atoms with van der Waals surface area (Å²) in [6.07, 6.45) is 2.11. The molecule has 6 nitrogen and oxygen atoms in total. The molecule has 3 N–H and O–H groups in total. The van der Waals surface area contributed by atoms with Gasteiger partial charge in [-0.15, -0.1) is 0 Å². The molecular formula is C14H19N3O3. The summed E-state index contributed by atoms with van der Waals surface area (Å²) in [4.78, 5) is 28.6. The van der Waals surface area contributed by atoms with Crippen LogP contribution in [0.15, 0.2) is 18.3 Å². The Morgan fingerprint density at radius 1 is 1.50 bits per heavy atom. The second kappa shape index (κ2) is 5.11. The summed E-state index contributed by atoms with van der Waals surface area (Å²) < 4.78 is 0. The number of carboxylic acids is 1. The van der Waals surface area contributed by atoms with Gasteiger partial charge in [0.25, 0.3) is 5.91 Å². The molecule has 1 unspecified atom stereocenters. The van der Waals surface area contributed by atoms with E-state index >= 15 is 0 Å². The molecule has 2 heterocycles. The average molecular weight is 277 g/mol. The van der Waals surface area contributed by atoms with Crippen LogP contribution in [0.5, 0.6) is 0 Å². The highest BCUT2D eigenvalue weighted by Crippen LogP contribution is 2.39. The summed E-state index contributed by atoms with van der Waals surface area (Å²) in [6.45, 7) is 4.94. The molecule has 1 aromatic heterocycles. The first kappa shape index (κ1) is 14.3. The third-order valence-electron chi connectivity index (χ3n) is 4.19. The highest BCUT2D eigenvalue weighted by Gasteiger charge is 2.47. The van der Waals surface area contributed by atoms with Gasteiger partial charge in [0.2, 0.25) is 0 Å². The number of aromatic nitrogens is 1. The van der Waals surface area contributed by atoms with E-state index in [9.17, 15) is 14.7 Å². The van der Waals surface area contributed by atoms with Gasteiger partial charge in [0.15, 0.2) is 0 Å². The summed E-state index contributed by atoms with van der Waals surface area (Å²) in [6, 6.07) is 3.38. The highest BCUT2D eigenvalue weighted by atomic mass is 16.4. The van der Waals surface area contributed by atoms with Gasteiger partial charge >= 0.3 is 5.97 Å². The molecule has 1 aromatic rings. The quantitative estimate of drug-likeness (QED) is 0.859. The second-order valence-electron chi connectivity index (χ2n) is 5.55. The normalized spacial score (nSPS) is 22.2. The van der Waals surface area contributed by atoms with Gasteiger partial charge in [0, 0.05) is 25.0 Å². The number of carbonyl (C=O) groups is 2. The van der Waals surface area contributed by atoms with E-state index in [4.69, 9.17) is 5.73 Å². The molecule has 0 bridgehead atoms. The fourth-order valence-corrected chi connectivity index (χ4v) is 2.70. The molecule has 20 heavy (non-hydrogen) atoms. The predicted molar refractivity (Wildman–Crippen MR) is 74.5 cm³/mol. The van der Waals surface area contributed by atoms with Gasteiger partial charge in [0.05, 0.1) is 5.41 Å². The van der Waals surface area contributed by atoms with Crippen molar-refractivity contribution in [2.24, 2.45) is 17.1 Å². The molecule has 1 amide bonds. The number of primary amides is 1. The number of rotatable bonds is 4. The van der Waals surface area contributed by atoms with Crippen LogP contribution in [-0.4, -0.2) is 35.1 Å². The lowest BCUT2D eigenvalue weighted by Gasteiger charge is -2.29. The van der Waals surface area contributed by atoms with E-state index in [1.165, 1.54) is 6.20 Å². The largest absolute Gasteiger partial charge is 0.481 e. The molecule has 0 aromatic carbocycles. The molecule has 1 fully saturated rings. The van der Waals surface area contributed by atoms with Crippen molar-refractivity contribution >= 4 is 17.6 Å². The van der Waals surface area contributed by atoms with Crippen molar-refractivity contribution in [3.05, 3.63) is 24.0 Å². The van der Waals surface area contributed by atoms with Crippen molar-refractivity contribution in [2.45, 2.75) is 20.3 Å². The fourth-order valence-electron chi connectivity index (χ4n) is 2.70. The van der Waals surface area contributed by atoms with E-state index in [2.05, 4.69) is 4.98 Å². The number of nitrogens with two attached hydrogens (primary N) is 1. The van der Waals surface area contributed by atoms with E-state index in [1.54, 1.807) is 12.1 Å². The lowest BCUT2D eigenvalue weighted by atomic mass is 9.76. The Morgan fingerprint density at radius 3 is 2.70 bits per heavy atom. The summed E-state index contributed by atoms with van der Waals surface area (Å²) in [5.74, 6) is -1.30. The molecule has 1 aliphatic rings. The van der Waals surface area contributed by atoms with Crippen LogP contribution in [0.2, 0.25) is 0 Å². The summed E-state index contributed by atoms with van der Waals surface area (Å²) in [5, 5.41) is 9.53. The van der Waals surface area contributed by atoms with Gasteiger partial charge in [-0.25, -0.2) is 0 Å². The van der Waals surface area contributed by atoms with Crippen molar-refractivity contribution in [1.29, 1.82) is 0 Å². The van der Waals surface area contributed by atoms with E-state index in [0.29, 0.717) is 19.5 Å². The Morgan fingerprint density at radius 2 is 2.20 bits per heavy atom. The predicted octanol–water partition coefficient (Wildman–Crippen LogP) is 1.12. The van der Waals surface area contributed by atoms with E-state index in [1.807, 2.05) is 18.7 Å². The zero-order chi connectivity index (χ0) is 14.9. The van der Waals surface area contributed by atoms with Crippen LogP contribution < -0.4 is 10.6 Å². The molecular weight excluding hydrogens is 258 g/mol.